The molecule has 2 N–H and O–H groups in total. The van der Waals surface area contributed by atoms with Crippen LogP contribution in [0.3, 0.4) is 0 Å². The first-order valence-electron chi connectivity index (χ1n) is 4.67. The van der Waals surface area contributed by atoms with Crippen LogP contribution in [0.5, 0.6) is 0 Å². The topological polar surface area (TPSA) is 49.3 Å². The van der Waals surface area contributed by atoms with Crippen molar-refractivity contribution in [2.24, 2.45) is 0 Å². The fourth-order valence-corrected chi connectivity index (χ4v) is 2.15. The summed E-state index contributed by atoms with van der Waals surface area (Å²) in [6.07, 6.45) is 0.939. The first kappa shape index (κ1) is 11.2. The molecule has 4 heteroatoms. The van der Waals surface area contributed by atoms with Crippen molar-refractivity contribution in [3.05, 3.63) is 21.9 Å². The number of carboxylic acid groups (broad SMARTS) is 1. The Bertz CT molecular complexity index is 309. The summed E-state index contributed by atoms with van der Waals surface area (Å²) < 4.78 is 0. The van der Waals surface area contributed by atoms with Gasteiger partial charge in [-0.1, -0.05) is 6.92 Å². The number of hydrogen-bond acceptors (Lipinski definition) is 3. The maximum atomic E-state index is 11.0. The molecule has 0 saturated heterocycles. The maximum absolute atomic E-state index is 11.0. The van der Waals surface area contributed by atoms with E-state index in [9.17, 15) is 4.79 Å². The number of rotatable bonds is 5. The third-order valence-corrected chi connectivity index (χ3v) is 2.96. The molecule has 0 fully saturated rings. The zero-order valence-electron chi connectivity index (χ0n) is 8.41. The third kappa shape index (κ3) is 2.82. The van der Waals surface area contributed by atoms with Crippen LogP contribution >= 0.6 is 11.3 Å². The van der Waals surface area contributed by atoms with Crippen LogP contribution in [0.4, 0.5) is 0 Å². The van der Waals surface area contributed by atoms with Crippen LogP contribution in [0.2, 0.25) is 0 Å². The van der Waals surface area contributed by atoms with Gasteiger partial charge in [-0.15, -0.1) is 11.3 Å². The molecule has 0 aliphatic heterocycles. The highest BCUT2D eigenvalue weighted by molar-refractivity contribution is 7.12. The van der Waals surface area contributed by atoms with Crippen molar-refractivity contribution in [3.63, 3.8) is 0 Å². The largest absolute Gasteiger partial charge is 0.480 e. The fourth-order valence-electron chi connectivity index (χ4n) is 1.21. The second-order valence-electron chi connectivity index (χ2n) is 3.17. The second kappa shape index (κ2) is 5.12. The number of aryl methyl sites for hydroxylation is 1. The molecule has 3 nitrogen and oxygen atoms in total. The molecule has 0 aromatic carbocycles. The minimum Gasteiger partial charge on any atom is -0.480 e. The Balaban J connectivity index is 2.72. The van der Waals surface area contributed by atoms with Crippen molar-refractivity contribution >= 4 is 17.3 Å². The number of carboxylic acids is 1. The van der Waals surface area contributed by atoms with E-state index in [0.29, 0.717) is 0 Å². The molecule has 1 heterocycles. The number of thiophene rings is 1. The molecular weight excluding hydrogens is 198 g/mol. The van der Waals surface area contributed by atoms with Gasteiger partial charge in [-0.2, -0.15) is 0 Å². The maximum Gasteiger partial charge on any atom is 0.326 e. The van der Waals surface area contributed by atoms with Crippen LogP contribution in [0, 0.1) is 6.92 Å². The zero-order valence-corrected chi connectivity index (χ0v) is 9.23. The minimum absolute atomic E-state index is 0.548. The predicted molar refractivity (Wildman–Crippen MR) is 57.7 cm³/mol. The Labute approximate surface area is 87.8 Å². The van der Waals surface area contributed by atoms with E-state index in [1.165, 1.54) is 11.3 Å². The first-order valence-corrected chi connectivity index (χ1v) is 5.49. The normalized spacial score (nSPS) is 12.7. The summed E-state index contributed by atoms with van der Waals surface area (Å²) in [6.45, 7) is 4.73. The van der Waals surface area contributed by atoms with E-state index in [1.807, 2.05) is 26.0 Å². The van der Waals surface area contributed by atoms with Gasteiger partial charge in [-0.3, -0.25) is 4.79 Å². The molecule has 1 aromatic rings. The summed E-state index contributed by atoms with van der Waals surface area (Å²) in [5.41, 5.74) is 0. The van der Waals surface area contributed by atoms with Crippen molar-refractivity contribution in [2.75, 3.05) is 6.54 Å². The Kier molecular flexibility index (Phi) is 4.10. The lowest BCUT2D eigenvalue weighted by Crippen LogP contribution is -2.28. The SMILES string of the molecule is CCCNC(C(=O)O)c1ccc(C)s1. The lowest BCUT2D eigenvalue weighted by molar-refractivity contribution is -0.139. The molecule has 0 amide bonds. The number of hydrogen-bond donors (Lipinski definition) is 2. The molecule has 0 aliphatic carbocycles. The summed E-state index contributed by atoms with van der Waals surface area (Å²) in [5, 5.41) is 12.0. The van der Waals surface area contributed by atoms with E-state index in [-0.39, 0.29) is 0 Å². The summed E-state index contributed by atoms with van der Waals surface area (Å²) in [6, 6.07) is 3.28. The summed E-state index contributed by atoms with van der Waals surface area (Å²) in [4.78, 5) is 13.0. The Hall–Kier alpha value is -0.870. The van der Waals surface area contributed by atoms with Gasteiger partial charge in [0.1, 0.15) is 6.04 Å². The second-order valence-corrected chi connectivity index (χ2v) is 4.49. The van der Waals surface area contributed by atoms with E-state index in [0.717, 1.165) is 22.7 Å². The van der Waals surface area contributed by atoms with Crippen molar-refractivity contribution in [2.45, 2.75) is 26.3 Å². The Morgan fingerprint density at radius 3 is 2.79 bits per heavy atom. The molecule has 1 rings (SSSR count). The van der Waals surface area contributed by atoms with Crippen molar-refractivity contribution < 1.29 is 9.90 Å². The van der Waals surface area contributed by atoms with Gasteiger partial charge in [-0.05, 0) is 32.0 Å². The first-order chi connectivity index (χ1) is 6.65. The lowest BCUT2D eigenvalue weighted by Gasteiger charge is -2.11. The van der Waals surface area contributed by atoms with Gasteiger partial charge >= 0.3 is 5.97 Å². The average molecular weight is 213 g/mol. The van der Waals surface area contributed by atoms with E-state index in [4.69, 9.17) is 5.11 Å². The van der Waals surface area contributed by atoms with Crippen LogP contribution in [0.1, 0.15) is 29.1 Å². The minimum atomic E-state index is -0.805. The van der Waals surface area contributed by atoms with Crippen molar-refractivity contribution in [1.29, 1.82) is 0 Å². The number of nitrogens with one attached hydrogen (secondary N) is 1. The zero-order chi connectivity index (χ0) is 10.6. The van der Waals surface area contributed by atoms with Gasteiger partial charge in [0.05, 0.1) is 0 Å². The summed E-state index contributed by atoms with van der Waals surface area (Å²) in [7, 11) is 0. The van der Waals surface area contributed by atoms with Crippen molar-refractivity contribution in [1.82, 2.24) is 5.32 Å². The monoisotopic (exact) mass is 213 g/mol. The van der Waals surface area contributed by atoms with E-state index in [1.54, 1.807) is 0 Å². The van der Waals surface area contributed by atoms with Crippen LogP contribution in [-0.2, 0) is 4.79 Å². The highest BCUT2D eigenvalue weighted by atomic mass is 32.1. The van der Waals surface area contributed by atoms with Gasteiger partial charge in [0, 0.05) is 9.75 Å². The van der Waals surface area contributed by atoms with Crippen molar-refractivity contribution in [3.8, 4) is 0 Å². The molecule has 0 aliphatic rings. The molecule has 0 bridgehead atoms. The highest BCUT2D eigenvalue weighted by Crippen LogP contribution is 2.22. The van der Waals surface area contributed by atoms with Crippen LogP contribution in [0.25, 0.3) is 0 Å². The molecule has 0 spiro atoms. The molecule has 0 radical (unpaired) electrons. The van der Waals surface area contributed by atoms with Gasteiger partial charge in [0.2, 0.25) is 0 Å². The highest BCUT2D eigenvalue weighted by Gasteiger charge is 2.19. The van der Waals surface area contributed by atoms with Crippen LogP contribution in [0.15, 0.2) is 12.1 Å². The lowest BCUT2D eigenvalue weighted by atomic mass is 10.2. The predicted octanol–water partition coefficient (Wildman–Crippen LogP) is 2.18. The van der Waals surface area contributed by atoms with Crippen LogP contribution in [-0.4, -0.2) is 17.6 Å². The fraction of sp³-hybridized carbons (Fsp3) is 0.500. The molecule has 14 heavy (non-hydrogen) atoms. The molecule has 1 unspecified atom stereocenters. The van der Waals surface area contributed by atoms with E-state index >= 15 is 0 Å². The average Bonchev–Trinajstić information content (AvgIpc) is 2.52. The summed E-state index contributed by atoms with van der Waals surface area (Å²) >= 11 is 1.53. The van der Waals surface area contributed by atoms with Crippen LogP contribution < -0.4 is 5.32 Å². The number of carbonyl (C=O) groups is 1. The van der Waals surface area contributed by atoms with Gasteiger partial charge in [0.25, 0.3) is 0 Å². The standard InChI is InChI=1S/C10H15NO2S/c1-3-6-11-9(10(12)13)8-5-4-7(2)14-8/h4-5,9,11H,3,6H2,1-2H3,(H,12,13). The third-order valence-electron chi connectivity index (χ3n) is 1.89. The molecule has 78 valence electrons. The molecule has 1 atom stereocenters. The smallest absolute Gasteiger partial charge is 0.326 e. The molecular formula is C10H15NO2S. The molecule has 0 saturated carbocycles. The van der Waals surface area contributed by atoms with Gasteiger partial charge < -0.3 is 10.4 Å². The Morgan fingerprint density at radius 2 is 2.36 bits per heavy atom. The molecule has 1 aromatic heterocycles. The Morgan fingerprint density at radius 1 is 1.64 bits per heavy atom. The van der Waals surface area contributed by atoms with E-state index in [2.05, 4.69) is 5.32 Å². The van der Waals surface area contributed by atoms with Gasteiger partial charge in [-0.25, -0.2) is 0 Å². The quantitative estimate of drug-likeness (QED) is 0.788. The summed E-state index contributed by atoms with van der Waals surface area (Å²) in [5.74, 6) is -0.805. The number of aliphatic carboxylic acids is 1. The van der Waals surface area contributed by atoms with E-state index < -0.39 is 12.0 Å². The van der Waals surface area contributed by atoms with Gasteiger partial charge in [0.15, 0.2) is 0 Å².